The van der Waals surface area contributed by atoms with E-state index in [0.29, 0.717) is 15.8 Å². The van der Waals surface area contributed by atoms with Crippen molar-refractivity contribution in [3.63, 3.8) is 0 Å². The maximum Gasteiger partial charge on any atom is 0.199 e. The summed E-state index contributed by atoms with van der Waals surface area (Å²) in [5.41, 5.74) is -0.0794. The standard InChI is InChI=1S/C11H5ClN2OS/c12-7-2-1-3-8-10(7)11(15)6-4-13-14-5-9(6)16-8/h1-5H. The third kappa shape index (κ3) is 1.31. The van der Waals surface area contributed by atoms with Crippen LogP contribution >= 0.6 is 22.9 Å². The maximum atomic E-state index is 12.2. The normalized spacial score (nSPS) is 11.1. The summed E-state index contributed by atoms with van der Waals surface area (Å²) in [5, 5.41) is 9.11. The second-order valence-electron chi connectivity index (χ2n) is 3.31. The van der Waals surface area contributed by atoms with Gasteiger partial charge in [-0.25, -0.2) is 0 Å². The number of halogens is 1. The zero-order valence-electron chi connectivity index (χ0n) is 7.98. The number of rotatable bonds is 0. The molecule has 5 heteroatoms. The Bertz CT molecular complexity index is 754. The average molecular weight is 249 g/mol. The van der Waals surface area contributed by atoms with Gasteiger partial charge in [0.2, 0.25) is 0 Å². The van der Waals surface area contributed by atoms with Crippen molar-refractivity contribution in [1.29, 1.82) is 0 Å². The summed E-state index contributed by atoms with van der Waals surface area (Å²) in [6, 6.07) is 5.44. The Kier molecular flexibility index (Phi) is 2.12. The lowest BCUT2D eigenvalue weighted by Gasteiger charge is -2.00. The van der Waals surface area contributed by atoms with Crippen molar-refractivity contribution < 1.29 is 0 Å². The molecule has 0 saturated carbocycles. The van der Waals surface area contributed by atoms with Gasteiger partial charge in [-0.2, -0.15) is 10.2 Å². The molecular formula is C11H5ClN2OS. The van der Waals surface area contributed by atoms with E-state index in [2.05, 4.69) is 10.2 Å². The monoisotopic (exact) mass is 248 g/mol. The van der Waals surface area contributed by atoms with Gasteiger partial charge in [-0.05, 0) is 12.1 Å². The zero-order chi connectivity index (χ0) is 11.1. The van der Waals surface area contributed by atoms with Gasteiger partial charge in [-0.3, -0.25) is 4.79 Å². The average Bonchev–Trinajstić information content (AvgIpc) is 2.29. The summed E-state index contributed by atoms with van der Waals surface area (Å²) in [6.45, 7) is 0. The van der Waals surface area contributed by atoms with Gasteiger partial charge in [-0.1, -0.05) is 17.7 Å². The van der Waals surface area contributed by atoms with Crippen LogP contribution in [0, 0.1) is 0 Å². The molecule has 16 heavy (non-hydrogen) atoms. The Morgan fingerprint density at radius 2 is 1.94 bits per heavy atom. The van der Waals surface area contributed by atoms with Crippen LogP contribution in [0.3, 0.4) is 0 Å². The first-order valence-electron chi connectivity index (χ1n) is 4.59. The molecule has 0 amide bonds. The summed E-state index contributed by atoms with van der Waals surface area (Å²) in [7, 11) is 0. The predicted octanol–water partition coefficient (Wildman–Crippen LogP) is 2.86. The van der Waals surface area contributed by atoms with Gasteiger partial charge >= 0.3 is 0 Å². The number of hydrogen-bond acceptors (Lipinski definition) is 4. The smallest absolute Gasteiger partial charge is 0.199 e. The molecule has 0 aliphatic carbocycles. The quantitative estimate of drug-likeness (QED) is 0.575. The first-order chi connectivity index (χ1) is 7.77. The SMILES string of the molecule is O=c1c2cnncc2sc2cccc(Cl)c12. The van der Waals surface area contributed by atoms with Crippen molar-refractivity contribution in [2.75, 3.05) is 0 Å². The molecular weight excluding hydrogens is 244 g/mol. The number of nitrogens with zero attached hydrogens (tertiary/aromatic N) is 2. The molecule has 3 aromatic rings. The van der Waals surface area contributed by atoms with Crippen LogP contribution in [0.2, 0.25) is 5.02 Å². The van der Waals surface area contributed by atoms with E-state index in [1.54, 1.807) is 12.3 Å². The lowest BCUT2D eigenvalue weighted by Crippen LogP contribution is -2.02. The minimum Gasteiger partial charge on any atom is -0.288 e. The Balaban J connectivity index is 2.67. The Morgan fingerprint density at radius 3 is 2.81 bits per heavy atom. The summed E-state index contributed by atoms with van der Waals surface area (Å²) in [4.78, 5) is 12.2. The molecule has 1 aromatic carbocycles. The highest BCUT2D eigenvalue weighted by atomic mass is 35.5. The number of fused-ring (bicyclic) bond motifs is 2. The topological polar surface area (TPSA) is 42.9 Å². The van der Waals surface area contributed by atoms with Gasteiger partial charge in [0.1, 0.15) is 0 Å². The molecule has 0 N–H and O–H groups in total. The maximum absolute atomic E-state index is 12.2. The second kappa shape index (κ2) is 3.50. The molecule has 3 nitrogen and oxygen atoms in total. The first-order valence-corrected chi connectivity index (χ1v) is 5.78. The molecule has 2 heterocycles. The van der Waals surface area contributed by atoms with Crippen LogP contribution in [0.4, 0.5) is 0 Å². The molecule has 78 valence electrons. The van der Waals surface area contributed by atoms with Gasteiger partial charge < -0.3 is 0 Å². The van der Waals surface area contributed by atoms with E-state index in [4.69, 9.17) is 11.6 Å². The summed E-state index contributed by atoms with van der Waals surface area (Å²) < 4.78 is 1.70. The predicted molar refractivity (Wildman–Crippen MR) is 66.2 cm³/mol. The molecule has 0 bridgehead atoms. The highest BCUT2D eigenvalue weighted by Gasteiger charge is 2.08. The van der Waals surface area contributed by atoms with E-state index in [9.17, 15) is 4.79 Å². The van der Waals surface area contributed by atoms with Crippen molar-refractivity contribution in [3.05, 3.63) is 45.8 Å². The fourth-order valence-corrected chi connectivity index (χ4v) is 2.98. The third-order valence-electron chi connectivity index (χ3n) is 2.36. The molecule has 3 rings (SSSR count). The molecule has 0 saturated heterocycles. The summed E-state index contributed by atoms with van der Waals surface area (Å²) >= 11 is 7.53. The fourth-order valence-electron chi connectivity index (χ4n) is 1.62. The molecule has 0 unspecified atom stereocenters. The Morgan fingerprint density at radius 1 is 1.12 bits per heavy atom. The van der Waals surface area contributed by atoms with E-state index in [1.807, 2.05) is 12.1 Å². The van der Waals surface area contributed by atoms with Crippen molar-refractivity contribution in [2.45, 2.75) is 0 Å². The molecule has 0 fully saturated rings. The number of hydrogen-bond donors (Lipinski definition) is 0. The van der Waals surface area contributed by atoms with E-state index < -0.39 is 0 Å². The van der Waals surface area contributed by atoms with Crippen molar-refractivity contribution >= 4 is 43.1 Å². The number of benzene rings is 1. The fraction of sp³-hybridized carbons (Fsp3) is 0. The molecule has 0 radical (unpaired) electrons. The van der Waals surface area contributed by atoms with Gasteiger partial charge in [0.15, 0.2) is 5.43 Å². The summed E-state index contributed by atoms with van der Waals surface area (Å²) in [6.07, 6.45) is 3.08. The van der Waals surface area contributed by atoms with Crippen molar-refractivity contribution in [2.24, 2.45) is 0 Å². The van der Waals surface area contributed by atoms with Crippen molar-refractivity contribution in [3.8, 4) is 0 Å². The summed E-state index contributed by atoms with van der Waals surface area (Å²) in [5.74, 6) is 0. The van der Waals surface area contributed by atoms with Crippen LogP contribution in [-0.2, 0) is 0 Å². The lowest BCUT2D eigenvalue weighted by molar-refractivity contribution is 1.05. The van der Waals surface area contributed by atoms with E-state index >= 15 is 0 Å². The molecule has 2 aromatic heterocycles. The second-order valence-corrected chi connectivity index (χ2v) is 4.80. The van der Waals surface area contributed by atoms with Crippen LogP contribution in [0.15, 0.2) is 35.4 Å². The largest absolute Gasteiger partial charge is 0.288 e. The first kappa shape index (κ1) is 9.69. The minimum absolute atomic E-state index is 0.0794. The third-order valence-corrected chi connectivity index (χ3v) is 3.78. The van der Waals surface area contributed by atoms with E-state index in [0.717, 1.165) is 9.40 Å². The van der Waals surface area contributed by atoms with Gasteiger partial charge in [-0.15, -0.1) is 11.3 Å². The van der Waals surface area contributed by atoms with Gasteiger partial charge in [0.05, 0.1) is 32.9 Å². The van der Waals surface area contributed by atoms with Crippen LogP contribution in [0.5, 0.6) is 0 Å². The Hall–Kier alpha value is -1.52. The molecule has 0 atom stereocenters. The van der Waals surface area contributed by atoms with Gasteiger partial charge in [0, 0.05) is 4.70 Å². The van der Waals surface area contributed by atoms with Crippen molar-refractivity contribution in [1.82, 2.24) is 10.2 Å². The number of aromatic nitrogens is 2. The highest BCUT2D eigenvalue weighted by molar-refractivity contribution is 7.24. The highest BCUT2D eigenvalue weighted by Crippen LogP contribution is 2.27. The van der Waals surface area contributed by atoms with Gasteiger partial charge in [0.25, 0.3) is 0 Å². The van der Waals surface area contributed by atoms with E-state index in [-0.39, 0.29) is 5.43 Å². The Labute approximate surface area is 99.3 Å². The zero-order valence-corrected chi connectivity index (χ0v) is 9.55. The van der Waals surface area contributed by atoms with Crippen LogP contribution in [0.1, 0.15) is 0 Å². The lowest BCUT2D eigenvalue weighted by atomic mass is 10.2. The molecule has 0 aliphatic heterocycles. The molecule has 0 aliphatic rings. The van der Waals surface area contributed by atoms with E-state index in [1.165, 1.54) is 17.5 Å². The van der Waals surface area contributed by atoms with Crippen LogP contribution in [-0.4, -0.2) is 10.2 Å². The molecule has 0 spiro atoms. The van der Waals surface area contributed by atoms with Crippen LogP contribution in [0.25, 0.3) is 20.2 Å². The minimum atomic E-state index is -0.0794. The van der Waals surface area contributed by atoms with Crippen LogP contribution < -0.4 is 5.43 Å².